The minimum atomic E-state index is -3.02. The summed E-state index contributed by atoms with van der Waals surface area (Å²) in [4.78, 5) is 28.7. The number of alkyl halides is 2. The molecule has 11 heteroatoms. The number of halogens is 2. The first kappa shape index (κ1) is 21.7. The van der Waals surface area contributed by atoms with E-state index in [4.69, 9.17) is 4.74 Å². The maximum absolute atomic E-state index is 12.4. The fourth-order valence-electron chi connectivity index (χ4n) is 2.68. The highest BCUT2D eigenvalue weighted by Gasteiger charge is 2.15. The zero-order valence-electron chi connectivity index (χ0n) is 16.6. The molecule has 0 unspecified atom stereocenters. The van der Waals surface area contributed by atoms with Crippen LogP contribution in [0.15, 0.2) is 42.5 Å². The second-order valence-corrected chi connectivity index (χ2v) is 6.30. The van der Waals surface area contributed by atoms with Gasteiger partial charge in [0.1, 0.15) is 5.82 Å². The summed E-state index contributed by atoms with van der Waals surface area (Å²) in [5.74, 6) is -0.110. The van der Waals surface area contributed by atoms with E-state index >= 15 is 0 Å². The van der Waals surface area contributed by atoms with Gasteiger partial charge in [0.15, 0.2) is 17.3 Å². The quantitative estimate of drug-likeness (QED) is 0.505. The number of methoxy groups -OCH3 is 1. The molecule has 0 atom stereocenters. The van der Waals surface area contributed by atoms with Crippen LogP contribution in [0.5, 0.6) is 11.5 Å². The van der Waals surface area contributed by atoms with Crippen LogP contribution in [0.3, 0.4) is 0 Å². The number of amides is 2. The fraction of sp³-hybridized carbons (Fsp3) is 0.200. The number of nitrogens with zero attached hydrogens (tertiary/aromatic N) is 2. The Morgan fingerprint density at radius 2 is 1.97 bits per heavy atom. The molecular weight excluding hydrogens is 412 g/mol. The molecule has 3 rings (SSSR count). The number of benzene rings is 2. The third-order valence-electron chi connectivity index (χ3n) is 4.05. The Morgan fingerprint density at radius 1 is 1.16 bits per heavy atom. The Labute approximate surface area is 175 Å². The standard InChI is InChI=1S/C20H19F2N5O4/c1-11-24-18(27-26-11)12-4-3-5-14(8-12)25-17(28)10-23-19(29)13-6-7-15(31-20(21)22)16(9-13)30-2/h3-9,20H,10H2,1-2H3,(H,23,29)(H,25,28)(H,24,26,27). The Kier molecular flexibility index (Phi) is 6.75. The van der Waals surface area contributed by atoms with E-state index in [-0.39, 0.29) is 23.6 Å². The Balaban J connectivity index is 1.59. The molecule has 162 valence electrons. The lowest BCUT2D eigenvalue weighted by atomic mass is 10.2. The predicted molar refractivity (Wildman–Crippen MR) is 107 cm³/mol. The number of aryl methyl sites for hydroxylation is 1. The summed E-state index contributed by atoms with van der Waals surface area (Å²) in [5, 5.41) is 11.9. The molecule has 1 heterocycles. The molecule has 31 heavy (non-hydrogen) atoms. The van der Waals surface area contributed by atoms with Crippen LogP contribution in [0.25, 0.3) is 11.4 Å². The van der Waals surface area contributed by atoms with Gasteiger partial charge in [-0.25, -0.2) is 4.98 Å². The molecule has 0 aliphatic heterocycles. The molecule has 0 radical (unpaired) electrons. The molecule has 3 N–H and O–H groups in total. The van der Waals surface area contributed by atoms with Gasteiger partial charge in [-0.15, -0.1) is 0 Å². The number of ether oxygens (including phenoxy) is 2. The molecule has 0 aliphatic carbocycles. The van der Waals surface area contributed by atoms with Crippen molar-refractivity contribution in [2.45, 2.75) is 13.5 Å². The monoisotopic (exact) mass is 431 g/mol. The van der Waals surface area contributed by atoms with Crippen LogP contribution < -0.4 is 20.1 Å². The number of H-pyrrole nitrogens is 1. The largest absolute Gasteiger partial charge is 0.493 e. The number of hydrogen-bond acceptors (Lipinski definition) is 6. The number of nitrogens with one attached hydrogen (secondary N) is 3. The number of hydrogen-bond donors (Lipinski definition) is 3. The summed E-state index contributed by atoms with van der Waals surface area (Å²) in [6.07, 6.45) is 0. The molecule has 0 fully saturated rings. The summed E-state index contributed by atoms with van der Waals surface area (Å²) in [6, 6.07) is 10.7. The lowest BCUT2D eigenvalue weighted by Gasteiger charge is -2.12. The van der Waals surface area contributed by atoms with Gasteiger partial charge in [-0.05, 0) is 37.3 Å². The minimum Gasteiger partial charge on any atom is -0.493 e. The van der Waals surface area contributed by atoms with Crippen molar-refractivity contribution in [2.75, 3.05) is 19.0 Å². The SMILES string of the molecule is COc1cc(C(=O)NCC(=O)Nc2cccc(-c3n[nH]c(C)n3)c2)ccc1OC(F)F. The number of aromatic amines is 1. The Morgan fingerprint density at radius 3 is 2.65 bits per heavy atom. The zero-order chi connectivity index (χ0) is 22.4. The lowest BCUT2D eigenvalue weighted by Crippen LogP contribution is -2.32. The normalized spacial score (nSPS) is 10.6. The molecule has 0 saturated carbocycles. The van der Waals surface area contributed by atoms with Crippen LogP contribution in [-0.4, -0.2) is 47.3 Å². The van der Waals surface area contributed by atoms with Crippen LogP contribution in [0, 0.1) is 6.92 Å². The van der Waals surface area contributed by atoms with Crippen LogP contribution in [0.4, 0.5) is 14.5 Å². The van der Waals surface area contributed by atoms with Gasteiger partial charge >= 0.3 is 6.61 Å². The first-order chi connectivity index (χ1) is 14.9. The van der Waals surface area contributed by atoms with Crippen LogP contribution in [-0.2, 0) is 4.79 Å². The van der Waals surface area contributed by atoms with E-state index < -0.39 is 18.4 Å². The average Bonchev–Trinajstić information content (AvgIpc) is 3.18. The summed E-state index contributed by atoms with van der Waals surface area (Å²) in [7, 11) is 1.26. The van der Waals surface area contributed by atoms with Crippen molar-refractivity contribution in [1.82, 2.24) is 20.5 Å². The topological polar surface area (TPSA) is 118 Å². The van der Waals surface area contributed by atoms with E-state index in [9.17, 15) is 18.4 Å². The molecular formula is C20H19F2N5O4. The molecule has 3 aromatic rings. The third kappa shape index (κ3) is 5.75. The van der Waals surface area contributed by atoms with Crippen molar-refractivity contribution in [3.63, 3.8) is 0 Å². The van der Waals surface area contributed by atoms with Gasteiger partial charge in [-0.2, -0.15) is 13.9 Å². The molecule has 1 aromatic heterocycles. The van der Waals surface area contributed by atoms with E-state index in [0.717, 1.165) is 0 Å². The second kappa shape index (κ2) is 9.65. The Bertz CT molecular complexity index is 1090. The van der Waals surface area contributed by atoms with Gasteiger partial charge < -0.3 is 20.1 Å². The smallest absolute Gasteiger partial charge is 0.387 e. The molecule has 0 saturated heterocycles. The van der Waals surface area contributed by atoms with Gasteiger partial charge in [0.2, 0.25) is 5.91 Å². The number of carbonyl (C=O) groups is 2. The highest BCUT2D eigenvalue weighted by atomic mass is 19.3. The van der Waals surface area contributed by atoms with E-state index in [1.807, 2.05) is 0 Å². The molecule has 0 aliphatic rings. The first-order valence-electron chi connectivity index (χ1n) is 9.06. The number of rotatable bonds is 8. The van der Waals surface area contributed by atoms with Gasteiger partial charge in [-0.1, -0.05) is 12.1 Å². The van der Waals surface area contributed by atoms with Crippen LogP contribution in [0.2, 0.25) is 0 Å². The Hall–Kier alpha value is -4.02. The third-order valence-corrected chi connectivity index (χ3v) is 4.05. The van der Waals surface area contributed by atoms with Gasteiger partial charge in [-0.3, -0.25) is 14.7 Å². The molecule has 0 bridgehead atoms. The minimum absolute atomic E-state index is 0.0311. The van der Waals surface area contributed by atoms with E-state index in [2.05, 4.69) is 30.6 Å². The first-order valence-corrected chi connectivity index (χ1v) is 9.06. The van der Waals surface area contributed by atoms with E-state index in [1.165, 1.54) is 25.3 Å². The summed E-state index contributed by atoms with van der Waals surface area (Å²) in [5.41, 5.74) is 1.34. The lowest BCUT2D eigenvalue weighted by molar-refractivity contribution is -0.115. The van der Waals surface area contributed by atoms with Crippen molar-refractivity contribution in [2.24, 2.45) is 0 Å². The van der Waals surface area contributed by atoms with Crippen molar-refractivity contribution < 1.29 is 27.8 Å². The molecule has 2 amide bonds. The van der Waals surface area contributed by atoms with Crippen LogP contribution in [0.1, 0.15) is 16.2 Å². The fourth-order valence-corrected chi connectivity index (χ4v) is 2.68. The van der Waals surface area contributed by atoms with Gasteiger partial charge in [0, 0.05) is 16.8 Å². The molecule has 2 aromatic carbocycles. The highest BCUT2D eigenvalue weighted by molar-refractivity contribution is 5.99. The average molecular weight is 431 g/mol. The van der Waals surface area contributed by atoms with Crippen molar-refractivity contribution in [1.29, 1.82) is 0 Å². The number of anilines is 1. The maximum Gasteiger partial charge on any atom is 0.387 e. The van der Waals surface area contributed by atoms with E-state index in [0.29, 0.717) is 22.9 Å². The molecule has 0 spiro atoms. The maximum atomic E-state index is 12.4. The zero-order valence-corrected chi connectivity index (χ0v) is 16.6. The number of aromatic nitrogens is 3. The van der Waals surface area contributed by atoms with Gasteiger partial charge in [0.25, 0.3) is 5.91 Å². The summed E-state index contributed by atoms with van der Waals surface area (Å²) < 4.78 is 34.1. The van der Waals surface area contributed by atoms with Crippen molar-refractivity contribution in [3.8, 4) is 22.9 Å². The molecule has 9 nitrogen and oxygen atoms in total. The van der Waals surface area contributed by atoms with E-state index in [1.54, 1.807) is 31.2 Å². The number of carbonyl (C=O) groups excluding carboxylic acids is 2. The highest BCUT2D eigenvalue weighted by Crippen LogP contribution is 2.29. The van der Waals surface area contributed by atoms with Gasteiger partial charge in [0.05, 0.1) is 13.7 Å². The predicted octanol–water partition coefficient (Wildman–Crippen LogP) is 2.76. The van der Waals surface area contributed by atoms with Crippen molar-refractivity contribution >= 4 is 17.5 Å². The second-order valence-electron chi connectivity index (χ2n) is 6.30. The summed E-state index contributed by atoms with van der Waals surface area (Å²) >= 11 is 0. The summed E-state index contributed by atoms with van der Waals surface area (Å²) in [6.45, 7) is -1.55. The van der Waals surface area contributed by atoms with Crippen molar-refractivity contribution in [3.05, 3.63) is 53.9 Å². The van der Waals surface area contributed by atoms with Crippen LogP contribution >= 0.6 is 0 Å².